The molecule has 1 aromatic heterocycles. The number of rotatable bonds is 0. The van der Waals surface area contributed by atoms with Crippen LogP contribution in [0.4, 0.5) is 0 Å². The molecule has 0 saturated carbocycles. The first kappa shape index (κ1) is 9.88. The van der Waals surface area contributed by atoms with E-state index in [1.54, 1.807) is 0 Å². The summed E-state index contributed by atoms with van der Waals surface area (Å²) in [4.78, 5) is 0. The highest BCUT2D eigenvalue weighted by Gasteiger charge is 2.35. The Kier molecular flexibility index (Phi) is 1.91. The van der Waals surface area contributed by atoms with Gasteiger partial charge in [-0.25, -0.2) is 0 Å². The molecule has 0 spiro atoms. The number of benzene rings is 1. The number of fused-ring (bicyclic) bond motifs is 3. The van der Waals surface area contributed by atoms with Crippen molar-refractivity contribution in [1.82, 2.24) is 9.78 Å². The van der Waals surface area contributed by atoms with Crippen molar-refractivity contribution >= 4 is 10.9 Å². The Labute approximate surface area is 96.3 Å². The summed E-state index contributed by atoms with van der Waals surface area (Å²) in [5.74, 6) is 1.30. The maximum atomic E-state index is 4.79. The quantitative estimate of drug-likeness (QED) is 0.654. The average molecular weight is 214 g/mol. The molecule has 0 bridgehead atoms. The van der Waals surface area contributed by atoms with Crippen LogP contribution in [-0.4, -0.2) is 9.78 Å². The molecule has 2 unspecified atom stereocenters. The Balaban J connectivity index is 2.36. The van der Waals surface area contributed by atoms with E-state index in [4.69, 9.17) is 5.10 Å². The van der Waals surface area contributed by atoms with Crippen molar-refractivity contribution in [2.24, 2.45) is 5.92 Å². The van der Waals surface area contributed by atoms with Crippen LogP contribution in [0.25, 0.3) is 10.9 Å². The van der Waals surface area contributed by atoms with Gasteiger partial charge in [-0.15, -0.1) is 0 Å². The molecule has 0 saturated heterocycles. The van der Waals surface area contributed by atoms with Gasteiger partial charge in [0.2, 0.25) is 0 Å². The van der Waals surface area contributed by atoms with Crippen LogP contribution in [0, 0.1) is 12.8 Å². The summed E-state index contributed by atoms with van der Waals surface area (Å²) in [5.41, 5.74) is 3.90. The first-order valence-corrected chi connectivity index (χ1v) is 6.09. The van der Waals surface area contributed by atoms with Crippen LogP contribution in [0.15, 0.2) is 18.2 Å². The van der Waals surface area contributed by atoms with Crippen molar-refractivity contribution < 1.29 is 0 Å². The largest absolute Gasteiger partial charge is 0.265 e. The lowest BCUT2D eigenvalue weighted by atomic mass is 9.91. The summed E-state index contributed by atoms with van der Waals surface area (Å²) in [6, 6.07) is 7.02. The molecule has 3 rings (SSSR count). The number of nitrogens with zero attached hydrogens (tertiary/aromatic N) is 2. The van der Waals surface area contributed by atoms with Gasteiger partial charge in [-0.1, -0.05) is 32.0 Å². The molecule has 0 N–H and O–H groups in total. The van der Waals surface area contributed by atoms with Crippen molar-refractivity contribution in [3.63, 3.8) is 0 Å². The van der Waals surface area contributed by atoms with Crippen LogP contribution < -0.4 is 0 Å². The van der Waals surface area contributed by atoms with E-state index in [0.717, 1.165) is 0 Å². The van der Waals surface area contributed by atoms with Crippen molar-refractivity contribution in [1.29, 1.82) is 0 Å². The highest BCUT2D eigenvalue weighted by Crippen LogP contribution is 2.43. The van der Waals surface area contributed by atoms with E-state index < -0.39 is 0 Å². The Bertz CT molecular complexity index is 553. The summed E-state index contributed by atoms with van der Waals surface area (Å²) in [6.07, 6.45) is 0. The van der Waals surface area contributed by atoms with Crippen molar-refractivity contribution in [2.75, 3.05) is 0 Å². The Hall–Kier alpha value is -1.31. The molecule has 0 fully saturated rings. The van der Waals surface area contributed by atoms with Gasteiger partial charge in [0.25, 0.3) is 0 Å². The summed E-state index contributed by atoms with van der Waals surface area (Å²) in [7, 11) is 0. The number of aryl methyl sites for hydroxylation is 1. The smallest absolute Gasteiger partial charge is 0.0955 e. The van der Waals surface area contributed by atoms with Crippen LogP contribution in [-0.2, 0) is 0 Å². The zero-order valence-corrected chi connectivity index (χ0v) is 10.4. The maximum absolute atomic E-state index is 4.79. The maximum Gasteiger partial charge on any atom is 0.0955 e. The van der Waals surface area contributed by atoms with Crippen LogP contribution >= 0.6 is 0 Å². The molecule has 2 heterocycles. The number of aromatic nitrogens is 2. The lowest BCUT2D eigenvalue weighted by molar-refractivity contribution is 0.389. The van der Waals surface area contributed by atoms with Gasteiger partial charge in [-0.2, -0.15) is 5.10 Å². The molecule has 0 amide bonds. The van der Waals surface area contributed by atoms with Crippen molar-refractivity contribution in [2.45, 2.75) is 39.7 Å². The SMILES string of the molecule is Cc1cccc2c3n(nc12)C(C)[C@@H](C)C3C. The van der Waals surface area contributed by atoms with Gasteiger partial charge >= 0.3 is 0 Å². The Morgan fingerprint density at radius 2 is 1.94 bits per heavy atom. The minimum Gasteiger partial charge on any atom is -0.265 e. The minimum absolute atomic E-state index is 0.525. The number of hydrogen-bond donors (Lipinski definition) is 0. The first-order chi connectivity index (χ1) is 7.61. The molecule has 1 aliphatic heterocycles. The predicted molar refractivity (Wildman–Crippen MR) is 66.8 cm³/mol. The fourth-order valence-electron chi connectivity index (χ4n) is 2.94. The fourth-order valence-corrected chi connectivity index (χ4v) is 2.94. The second-order valence-corrected chi connectivity index (χ2v) is 5.19. The molecule has 2 heteroatoms. The van der Waals surface area contributed by atoms with E-state index >= 15 is 0 Å². The van der Waals surface area contributed by atoms with Crippen molar-refractivity contribution in [3.8, 4) is 0 Å². The standard InChI is InChI=1S/C14H18N2/c1-8-6-5-7-12-13(8)15-16-11(4)9(2)10(3)14(12)16/h5-7,9-11H,1-4H3/t9-,10?,11?/m0/s1. The van der Waals surface area contributed by atoms with Gasteiger partial charge in [-0.05, 0) is 25.3 Å². The summed E-state index contributed by atoms with van der Waals surface area (Å²) in [5, 5.41) is 6.14. The minimum atomic E-state index is 0.525. The zero-order chi connectivity index (χ0) is 11.4. The normalized spacial score (nSPS) is 28.6. The van der Waals surface area contributed by atoms with Gasteiger partial charge in [0.05, 0.1) is 11.6 Å². The van der Waals surface area contributed by atoms with Gasteiger partial charge in [0.15, 0.2) is 0 Å². The van der Waals surface area contributed by atoms with Crippen LogP contribution in [0.2, 0.25) is 0 Å². The van der Waals surface area contributed by atoms with Crippen molar-refractivity contribution in [3.05, 3.63) is 29.5 Å². The molecule has 84 valence electrons. The second-order valence-electron chi connectivity index (χ2n) is 5.19. The topological polar surface area (TPSA) is 17.8 Å². The lowest BCUT2D eigenvalue weighted by Crippen LogP contribution is -2.08. The van der Waals surface area contributed by atoms with E-state index in [0.29, 0.717) is 17.9 Å². The number of hydrogen-bond acceptors (Lipinski definition) is 1. The van der Waals surface area contributed by atoms with Gasteiger partial charge in [0.1, 0.15) is 0 Å². The third kappa shape index (κ3) is 1.05. The van der Waals surface area contributed by atoms with Crippen LogP contribution in [0.3, 0.4) is 0 Å². The summed E-state index contributed by atoms with van der Waals surface area (Å²) in [6.45, 7) is 9.07. The monoisotopic (exact) mass is 214 g/mol. The van der Waals surface area contributed by atoms with E-state index in [9.17, 15) is 0 Å². The third-order valence-electron chi connectivity index (χ3n) is 4.33. The molecule has 1 aromatic carbocycles. The molecular weight excluding hydrogens is 196 g/mol. The van der Waals surface area contributed by atoms with Gasteiger partial charge < -0.3 is 0 Å². The van der Waals surface area contributed by atoms with E-state index in [2.05, 4.69) is 50.6 Å². The summed E-state index contributed by atoms with van der Waals surface area (Å²) >= 11 is 0. The van der Waals surface area contributed by atoms with E-state index in [1.807, 2.05) is 0 Å². The highest BCUT2D eigenvalue weighted by molar-refractivity contribution is 5.85. The van der Waals surface area contributed by atoms with E-state index in [1.165, 1.54) is 22.2 Å². The Morgan fingerprint density at radius 1 is 1.19 bits per heavy atom. The average Bonchev–Trinajstić information content (AvgIpc) is 2.74. The summed E-state index contributed by atoms with van der Waals surface area (Å²) < 4.78 is 2.24. The van der Waals surface area contributed by atoms with Gasteiger partial charge in [-0.3, -0.25) is 4.68 Å². The molecule has 0 radical (unpaired) electrons. The highest BCUT2D eigenvalue weighted by atomic mass is 15.3. The first-order valence-electron chi connectivity index (χ1n) is 6.09. The predicted octanol–water partition coefficient (Wildman–Crippen LogP) is 3.66. The molecule has 2 aromatic rings. The molecule has 0 aliphatic carbocycles. The second kappa shape index (κ2) is 3.09. The van der Waals surface area contributed by atoms with E-state index in [-0.39, 0.29) is 0 Å². The molecule has 1 aliphatic rings. The molecule has 3 atom stereocenters. The lowest BCUT2D eigenvalue weighted by Gasteiger charge is -2.13. The molecule has 2 nitrogen and oxygen atoms in total. The fraction of sp³-hybridized carbons (Fsp3) is 0.500. The van der Waals surface area contributed by atoms with Crippen LogP contribution in [0.5, 0.6) is 0 Å². The third-order valence-corrected chi connectivity index (χ3v) is 4.33. The molecular formula is C14H18N2. The van der Waals surface area contributed by atoms with Gasteiger partial charge in [0, 0.05) is 17.0 Å². The molecule has 16 heavy (non-hydrogen) atoms. The van der Waals surface area contributed by atoms with Crippen LogP contribution in [0.1, 0.15) is 44.0 Å². The zero-order valence-electron chi connectivity index (χ0n) is 10.4. The Morgan fingerprint density at radius 3 is 2.69 bits per heavy atom.